The minimum Gasteiger partial charge on any atom is -0.483 e. The van der Waals surface area contributed by atoms with Gasteiger partial charge in [-0.2, -0.15) is 0 Å². The van der Waals surface area contributed by atoms with Gasteiger partial charge in [-0.25, -0.2) is 0 Å². The third kappa shape index (κ3) is 6.06. The highest BCUT2D eigenvalue weighted by molar-refractivity contribution is 7.80. The average Bonchev–Trinajstić information content (AvgIpc) is 2.67. The number of rotatable bonds is 5. The highest BCUT2D eigenvalue weighted by atomic mass is 32.1. The van der Waals surface area contributed by atoms with Crippen molar-refractivity contribution in [2.24, 2.45) is 0 Å². The van der Waals surface area contributed by atoms with Crippen LogP contribution < -0.4 is 20.9 Å². The molecule has 148 valence electrons. The number of amides is 2. The monoisotopic (exact) mass is 399 g/mol. The Morgan fingerprint density at radius 1 is 1.04 bits per heavy atom. The normalized spacial score (nSPS) is 10.3. The minimum atomic E-state index is -0.418. The maximum atomic E-state index is 12.2. The van der Waals surface area contributed by atoms with E-state index in [1.54, 1.807) is 18.2 Å². The van der Waals surface area contributed by atoms with Crippen LogP contribution in [-0.2, 0) is 4.79 Å². The average molecular weight is 400 g/mol. The van der Waals surface area contributed by atoms with Crippen LogP contribution in [0.2, 0.25) is 0 Å². The van der Waals surface area contributed by atoms with Crippen molar-refractivity contribution in [1.82, 2.24) is 16.2 Å². The molecule has 0 aliphatic heterocycles. The molecule has 0 heterocycles. The summed E-state index contributed by atoms with van der Waals surface area (Å²) >= 11 is 5.03. The van der Waals surface area contributed by atoms with Crippen molar-refractivity contribution in [1.29, 1.82) is 0 Å². The van der Waals surface area contributed by atoms with Crippen LogP contribution in [0.5, 0.6) is 5.75 Å². The summed E-state index contributed by atoms with van der Waals surface area (Å²) in [6.45, 7) is 7.90. The van der Waals surface area contributed by atoms with Crippen LogP contribution in [0.25, 0.3) is 0 Å². The Morgan fingerprint density at radius 2 is 1.71 bits per heavy atom. The van der Waals surface area contributed by atoms with Crippen LogP contribution >= 0.6 is 12.2 Å². The van der Waals surface area contributed by atoms with Crippen LogP contribution in [0.15, 0.2) is 42.5 Å². The highest BCUT2D eigenvalue weighted by Gasteiger charge is 2.10. The van der Waals surface area contributed by atoms with Crippen LogP contribution in [-0.4, -0.2) is 23.5 Å². The van der Waals surface area contributed by atoms with Gasteiger partial charge in [0.1, 0.15) is 5.75 Å². The molecule has 0 bridgehead atoms. The van der Waals surface area contributed by atoms with E-state index in [0.29, 0.717) is 17.2 Å². The van der Waals surface area contributed by atoms with E-state index in [1.165, 1.54) is 0 Å². The van der Waals surface area contributed by atoms with E-state index in [9.17, 15) is 9.59 Å². The Balaban J connectivity index is 1.77. The van der Waals surface area contributed by atoms with Gasteiger partial charge in [0.15, 0.2) is 11.7 Å². The van der Waals surface area contributed by atoms with Gasteiger partial charge in [-0.15, -0.1) is 0 Å². The molecule has 3 N–H and O–H groups in total. The Labute approximate surface area is 170 Å². The fourth-order valence-corrected chi connectivity index (χ4v) is 2.56. The topological polar surface area (TPSA) is 79.5 Å². The Bertz CT molecular complexity index is 864. The predicted molar refractivity (Wildman–Crippen MR) is 113 cm³/mol. The van der Waals surface area contributed by atoms with Crippen LogP contribution in [0.4, 0.5) is 0 Å². The molecule has 0 atom stereocenters. The number of nitrogens with one attached hydrogen (secondary N) is 3. The molecule has 7 heteroatoms. The van der Waals surface area contributed by atoms with Gasteiger partial charge in [-0.05, 0) is 66.9 Å². The van der Waals surface area contributed by atoms with Gasteiger partial charge in [-0.1, -0.05) is 38.1 Å². The summed E-state index contributed by atoms with van der Waals surface area (Å²) in [5.41, 5.74) is 8.59. The number of aryl methyl sites for hydroxylation is 1. The fraction of sp³-hybridized carbons (Fsp3) is 0.286. The Morgan fingerprint density at radius 3 is 2.36 bits per heavy atom. The molecule has 0 saturated carbocycles. The number of hydrogen-bond acceptors (Lipinski definition) is 4. The van der Waals surface area contributed by atoms with E-state index in [-0.39, 0.29) is 17.6 Å². The molecule has 28 heavy (non-hydrogen) atoms. The second-order valence-electron chi connectivity index (χ2n) is 6.72. The zero-order chi connectivity index (χ0) is 20.7. The lowest BCUT2D eigenvalue weighted by Crippen LogP contribution is -2.49. The summed E-state index contributed by atoms with van der Waals surface area (Å²) in [4.78, 5) is 24.1. The molecular formula is C21H25N3O3S. The molecule has 0 aliphatic carbocycles. The van der Waals surface area contributed by atoms with Gasteiger partial charge >= 0.3 is 0 Å². The lowest BCUT2D eigenvalue weighted by molar-refractivity contribution is -0.123. The van der Waals surface area contributed by atoms with Gasteiger partial charge < -0.3 is 4.74 Å². The van der Waals surface area contributed by atoms with E-state index in [4.69, 9.17) is 17.0 Å². The van der Waals surface area contributed by atoms with Gasteiger partial charge in [0.05, 0.1) is 0 Å². The summed E-state index contributed by atoms with van der Waals surface area (Å²) in [5.74, 6) is 0.268. The SMILES string of the molecule is Cc1cccc(OCC(=O)NNC(=S)NC(=O)c2ccc(C(C)C)cc2)c1C. The molecule has 0 unspecified atom stereocenters. The first-order valence-corrected chi connectivity index (χ1v) is 9.38. The number of carbonyl (C=O) groups excluding carboxylic acids is 2. The second kappa shape index (κ2) is 9.85. The zero-order valence-corrected chi connectivity index (χ0v) is 17.3. The van der Waals surface area contributed by atoms with Gasteiger partial charge in [0, 0.05) is 5.56 Å². The summed E-state index contributed by atoms with van der Waals surface area (Å²) < 4.78 is 5.51. The van der Waals surface area contributed by atoms with Gasteiger partial charge in [-0.3, -0.25) is 25.8 Å². The van der Waals surface area contributed by atoms with Crippen LogP contribution in [0.1, 0.15) is 46.8 Å². The smallest absolute Gasteiger partial charge is 0.276 e. The summed E-state index contributed by atoms with van der Waals surface area (Å²) in [6.07, 6.45) is 0. The summed E-state index contributed by atoms with van der Waals surface area (Å²) in [7, 11) is 0. The molecule has 0 aliphatic rings. The fourth-order valence-electron chi connectivity index (χ4n) is 2.41. The molecule has 0 saturated heterocycles. The van der Waals surface area contributed by atoms with E-state index >= 15 is 0 Å². The maximum absolute atomic E-state index is 12.2. The number of hydrazine groups is 1. The van der Waals surface area contributed by atoms with Gasteiger partial charge in [0.2, 0.25) is 0 Å². The number of carbonyl (C=O) groups is 2. The molecule has 2 rings (SSSR count). The number of benzene rings is 2. The number of thiocarbonyl (C=S) groups is 1. The zero-order valence-electron chi connectivity index (χ0n) is 16.5. The third-order valence-corrected chi connectivity index (χ3v) is 4.50. The molecule has 0 radical (unpaired) electrons. The number of hydrogen-bond donors (Lipinski definition) is 3. The van der Waals surface area contributed by atoms with Crippen molar-refractivity contribution in [3.05, 3.63) is 64.7 Å². The standard InChI is InChI=1S/C21H25N3O3S/c1-13(2)16-8-10-17(11-9-16)20(26)22-21(28)24-23-19(25)12-27-18-7-5-6-14(3)15(18)4/h5-11,13H,12H2,1-4H3,(H,23,25)(H2,22,24,26,28). The number of ether oxygens (including phenoxy) is 1. The molecule has 0 spiro atoms. The first-order chi connectivity index (χ1) is 13.3. The van der Waals surface area contributed by atoms with Crippen molar-refractivity contribution < 1.29 is 14.3 Å². The minimum absolute atomic E-state index is 0.00183. The van der Waals surface area contributed by atoms with E-state index in [2.05, 4.69) is 30.0 Å². The van der Waals surface area contributed by atoms with E-state index < -0.39 is 5.91 Å². The van der Waals surface area contributed by atoms with Crippen LogP contribution in [0, 0.1) is 13.8 Å². The molecule has 2 aromatic rings. The Kier molecular flexibility index (Phi) is 7.52. The molecule has 0 aromatic heterocycles. The van der Waals surface area contributed by atoms with Crippen molar-refractivity contribution in [3.63, 3.8) is 0 Å². The van der Waals surface area contributed by atoms with Crippen LogP contribution in [0.3, 0.4) is 0 Å². The Hall–Kier alpha value is -2.93. The van der Waals surface area contributed by atoms with E-state index in [1.807, 2.05) is 38.1 Å². The van der Waals surface area contributed by atoms with Gasteiger partial charge in [0.25, 0.3) is 11.8 Å². The summed E-state index contributed by atoms with van der Waals surface area (Å²) in [5, 5.41) is 2.51. The lowest BCUT2D eigenvalue weighted by atomic mass is 10.0. The molecule has 2 aromatic carbocycles. The van der Waals surface area contributed by atoms with E-state index in [0.717, 1.165) is 16.7 Å². The largest absolute Gasteiger partial charge is 0.483 e. The summed E-state index contributed by atoms with van der Waals surface area (Å²) in [6, 6.07) is 12.9. The van der Waals surface area contributed by atoms with Crippen molar-refractivity contribution in [2.75, 3.05) is 6.61 Å². The quantitative estimate of drug-likeness (QED) is 0.532. The highest BCUT2D eigenvalue weighted by Crippen LogP contribution is 2.20. The first kappa shape index (κ1) is 21.4. The first-order valence-electron chi connectivity index (χ1n) is 8.97. The van der Waals surface area contributed by atoms with Crippen molar-refractivity contribution >= 4 is 29.1 Å². The predicted octanol–water partition coefficient (Wildman–Crippen LogP) is 3.14. The molecule has 0 fully saturated rings. The molecule has 2 amide bonds. The lowest BCUT2D eigenvalue weighted by Gasteiger charge is -2.13. The maximum Gasteiger partial charge on any atom is 0.276 e. The van der Waals surface area contributed by atoms with Crippen molar-refractivity contribution in [2.45, 2.75) is 33.6 Å². The van der Waals surface area contributed by atoms with Crippen molar-refractivity contribution in [3.8, 4) is 5.75 Å². The second-order valence-corrected chi connectivity index (χ2v) is 7.13. The molecule has 6 nitrogen and oxygen atoms in total. The third-order valence-electron chi connectivity index (χ3n) is 4.30. The molecular weight excluding hydrogens is 374 g/mol.